The molecular weight excluding hydrogens is 685 g/mol. The molecule has 8 aromatic carbocycles. The van der Waals surface area contributed by atoms with Crippen LogP contribution in [0.5, 0.6) is 0 Å². The Morgan fingerprint density at radius 3 is 1.27 bits per heavy atom. The fourth-order valence-corrected chi connectivity index (χ4v) is 8.11. The van der Waals surface area contributed by atoms with Crippen LogP contribution >= 0.6 is 0 Å². The minimum absolute atomic E-state index is 0.608. The number of rotatable bonds is 6. The van der Waals surface area contributed by atoms with Gasteiger partial charge in [0.2, 0.25) is 0 Å². The van der Waals surface area contributed by atoms with Crippen molar-refractivity contribution in [3.8, 4) is 67.3 Å². The molecule has 0 fully saturated rings. The predicted molar refractivity (Wildman–Crippen MR) is 229 cm³/mol. The van der Waals surface area contributed by atoms with Crippen LogP contribution in [0.1, 0.15) is 0 Å². The van der Waals surface area contributed by atoms with Gasteiger partial charge in [-0.2, -0.15) is 0 Å². The van der Waals surface area contributed by atoms with Gasteiger partial charge in [0, 0.05) is 38.2 Å². The zero-order chi connectivity index (χ0) is 37.0. The molecular formula is C52H32N2O2. The number of furan rings is 2. The predicted octanol–water partition coefficient (Wildman–Crippen LogP) is 14.3. The number of hydrogen-bond acceptors (Lipinski definition) is 4. The third-order valence-corrected chi connectivity index (χ3v) is 10.8. The van der Waals surface area contributed by atoms with E-state index >= 15 is 0 Å². The van der Waals surface area contributed by atoms with E-state index in [4.69, 9.17) is 18.8 Å². The standard InChI is InChI=1S/C52H32N2O2/c1-3-15-33(16-4-1)36-19-7-8-20-37(36)35-29-30-38(34-17-5-2-6-18-34)45(31-35)52-53-46(43-25-13-23-41-39-21-9-11-27-48(39)55-50(41)43)32-47(54-52)44-26-14-24-42-40-22-10-12-28-49(40)56-51(42)44/h1-32H. The number of para-hydroxylation sites is 4. The number of hydrogen-bond donors (Lipinski definition) is 0. The van der Waals surface area contributed by atoms with Crippen molar-refractivity contribution in [2.75, 3.05) is 0 Å². The van der Waals surface area contributed by atoms with Crippen molar-refractivity contribution >= 4 is 43.9 Å². The van der Waals surface area contributed by atoms with Crippen LogP contribution in [-0.2, 0) is 0 Å². The largest absolute Gasteiger partial charge is 0.455 e. The molecule has 3 aromatic heterocycles. The van der Waals surface area contributed by atoms with Gasteiger partial charge in [0.25, 0.3) is 0 Å². The molecule has 0 saturated carbocycles. The molecule has 0 aliphatic heterocycles. The van der Waals surface area contributed by atoms with Gasteiger partial charge in [0.05, 0.1) is 11.4 Å². The van der Waals surface area contributed by atoms with Crippen LogP contribution in [0, 0.1) is 0 Å². The molecule has 4 nitrogen and oxygen atoms in total. The van der Waals surface area contributed by atoms with Crippen LogP contribution in [-0.4, -0.2) is 9.97 Å². The van der Waals surface area contributed by atoms with E-state index in [1.54, 1.807) is 0 Å². The Morgan fingerprint density at radius 2 is 0.714 bits per heavy atom. The summed E-state index contributed by atoms with van der Waals surface area (Å²) in [5.74, 6) is 0.608. The van der Waals surface area contributed by atoms with Gasteiger partial charge >= 0.3 is 0 Å². The summed E-state index contributed by atoms with van der Waals surface area (Å²) in [6.07, 6.45) is 0. The third-order valence-electron chi connectivity index (χ3n) is 10.8. The average Bonchev–Trinajstić information content (AvgIpc) is 3.85. The van der Waals surface area contributed by atoms with Crippen molar-refractivity contribution in [2.45, 2.75) is 0 Å². The lowest BCUT2D eigenvalue weighted by Gasteiger charge is -2.16. The molecule has 0 amide bonds. The summed E-state index contributed by atoms with van der Waals surface area (Å²) < 4.78 is 13.2. The number of benzene rings is 8. The summed E-state index contributed by atoms with van der Waals surface area (Å²) >= 11 is 0. The minimum atomic E-state index is 0.608. The lowest BCUT2D eigenvalue weighted by Crippen LogP contribution is -1.98. The molecule has 0 radical (unpaired) electrons. The first kappa shape index (κ1) is 31.9. The zero-order valence-electron chi connectivity index (χ0n) is 30.2. The highest BCUT2D eigenvalue weighted by molar-refractivity contribution is 6.11. The maximum atomic E-state index is 6.59. The van der Waals surface area contributed by atoms with Crippen LogP contribution < -0.4 is 0 Å². The highest BCUT2D eigenvalue weighted by atomic mass is 16.3. The second-order valence-corrected chi connectivity index (χ2v) is 14.1. The quantitative estimate of drug-likeness (QED) is 0.172. The Bertz CT molecular complexity index is 3120. The molecule has 11 rings (SSSR count). The van der Waals surface area contributed by atoms with Gasteiger partial charge in [0.1, 0.15) is 22.3 Å². The van der Waals surface area contributed by atoms with Crippen LogP contribution in [0.3, 0.4) is 0 Å². The highest BCUT2D eigenvalue weighted by Gasteiger charge is 2.21. The number of nitrogens with zero attached hydrogens (tertiary/aromatic N) is 2. The second-order valence-electron chi connectivity index (χ2n) is 14.1. The van der Waals surface area contributed by atoms with Crippen molar-refractivity contribution in [2.24, 2.45) is 0 Å². The average molecular weight is 717 g/mol. The van der Waals surface area contributed by atoms with E-state index in [-0.39, 0.29) is 0 Å². The Balaban J connectivity index is 1.20. The summed E-state index contributed by atoms with van der Waals surface area (Å²) in [6.45, 7) is 0. The lowest BCUT2D eigenvalue weighted by atomic mass is 9.90. The van der Waals surface area contributed by atoms with Gasteiger partial charge in [0.15, 0.2) is 5.82 Å². The summed E-state index contributed by atoms with van der Waals surface area (Å²) in [4.78, 5) is 10.9. The fraction of sp³-hybridized carbons (Fsp3) is 0. The van der Waals surface area contributed by atoms with E-state index in [1.165, 1.54) is 0 Å². The van der Waals surface area contributed by atoms with Crippen molar-refractivity contribution in [3.05, 3.63) is 194 Å². The Labute approximate surface area is 323 Å². The molecule has 4 heteroatoms. The zero-order valence-corrected chi connectivity index (χ0v) is 30.2. The SMILES string of the molecule is c1ccc(-c2ccccc2-c2ccc(-c3ccccc3)c(-c3nc(-c4cccc5c4oc4ccccc45)cc(-c4cccc5c4oc4ccccc45)n3)c2)cc1. The summed E-state index contributed by atoms with van der Waals surface area (Å²) in [6, 6.07) is 67.3. The van der Waals surface area contributed by atoms with Gasteiger partial charge in [-0.1, -0.05) is 158 Å². The van der Waals surface area contributed by atoms with Crippen LogP contribution in [0.15, 0.2) is 203 Å². The van der Waals surface area contributed by atoms with E-state index in [0.717, 1.165) is 105 Å². The van der Waals surface area contributed by atoms with Crippen molar-refractivity contribution in [3.63, 3.8) is 0 Å². The van der Waals surface area contributed by atoms with Crippen LogP contribution in [0.4, 0.5) is 0 Å². The van der Waals surface area contributed by atoms with Crippen molar-refractivity contribution in [1.82, 2.24) is 9.97 Å². The molecule has 0 aliphatic rings. The molecule has 0 saturated heterocycles. The second kappa shape index (κ2) is 13.1. The monoisotopic (exact) mass is 716 g/mol. The first-order valence-corrected chi connectivity index (χ1v) is 18.8. The molecule has 0 aliphatic carbocycles. The Kier molecular flexibility index (Phi) is 7.46. The summed E-state index contributed by atoms with van der Waals surface area (Å²) in [5, 5.41) is 4.23. The van der Waals surface area contributed by atoms with Crippen LogP contribution in [0.25, 0.3) is 111 Å². The van der Waals surface area contributed by atoms with E-state index < -0.39 is 0 Å². The fourth-order valence-electron chi connectivity index (χ4n) is 8.11. The molecule has 262 valence electrons. The Hall–Kier alpha value is -7.56. The van der Waals surface area contributed by atoms with Gasteiger partial charge in [-0.3, -0.25) is 0 Å². The molecule has 56 heavy (non-hydrogen) atoms. The maximum absolute atomic E-state index is 6.59. The van der Waals surface area contributed by atoms with Gasteiger partial charge in [-0.25, -0.2) is 9.97 Å². The first-order valence-electron chi connectivity index (χ1n) is 18.8. The molecule has 3 heterocycles. The summed E-state index contributed by atoms with van der Waals surface area (Å²) in [7, 11) is 0. The third kappa shape index (κ3) is 5.31. The first-order chi connectivity index (χ1) is 27.8. The normalized spacial score (nSPS) is 11.6. The van der Waals surface area contributed by atoms with Gasteiger partial charge in [-0.05, 0) is 69.8 Å². The number of fused-ring (bicyclic) bond motifs is 6. The van der Waals surface area contributed by atoms with Crippen molar-refractivity contribution in [1.29, 1.82) is 0 Å². The van der Waals surface area contributed by atoms with E-state index in [0.29, 0.717) is 5.82 Å². The van der Waals surface area contributed by atoms with Gasteiger partial charge < -0.3 is 8.83 Å². The van der Waals surface area contributed by atoms with Crippen LogP contribution in [0.2, 0.25) is 0 Å². The molecule has 0 atom stereocenters. The van der Waals surface area contributed by atoms with Gasteiger partial charge in [-0.15, -0.1) is 0 Å². The van der Waals surface area contributed by atoms with E-state index in [2.05, 4.69) is 152 Å². The maximum Gasteiger partial charge on any atom is 0.161 e. The topological polar surface area (TPSA) is 52.1 Å². The van der Waals surface area contributed by atoms with E-state index in [9.17, 15) is 0 Å². The Morgan fingerprint density at radius 1 is 0.286 bits per heavy atom. The number of aromatic nitrogens is 2. The van der Waals surface area contributed by atoms with Crippen molar-refractivity contribution < 1.29 is 8.83 Å². The highest BCUT2D eigenvalue weighted by Crippen LogP contribution is 2.42. The van der Waals surface area contributed by atoms with E-state index in [1.807, 2.05) is 42.5 Å². The molecule has 0 unspecified atom stereocenters. The molecule has 11 aromatic rings. The molecule has 0 N–H and O–H groups in total. The molecule has 0 spiro atoms. The molecule has 0 bridgehead atoms. The smallest absolute Gasteiger partial charge is 0.161 e. The minimum Gasteiger partial charge on any atom is -0.455 e. The summed E-state index contributed by atoms with van der Waals surface area (Å²) in [5.41, 5.74) is 14.2. The lowest BCUT2D eigenvalue weighted by molar-refractivity contribution is 0.669.